The standard InChI is InChI=1S/C25H26N2O3/c1-2-11-22(19-12-5-3-6-13-19)27-24(28)18-30-25(29)21-16-9-10-17-23(21)26-20-14-7-4-8-15-20/h3-10,12-17,22,26H,2,11,18H2,1H3,(H,27,28)/t22-/m1/s1. The highest BCUT2D eigenvalue weighted by molar-refractivity contribution is 5.97. The first-order chi connectivity index (χ1) is 14.7. The molecule has 5 heteroatoms. The number of esters is 1. The summed E-state index contributed by atoms with van der Waals surface area (Å²) >= 11 is 0. The van der Waals surface area contributed by atoms with Crippen molar-refractivity contribution in [2.75, 3.05) is 11.9 Å². The van der Waals surface area contributed by atoms with Gasteiger partial charge in [0.1, 0.15) is 0 Å². The molecule has 30 heavy (non-hydrogen) atoms. The Morgan fingerprint density at radius 1 is 0.867 bits per heavy atom. The molecule has 1 amide bonds. The van der Waals surface area contributed by atoms with Gasteiger partial charge in [-0.1, -0.05) is 74.0 Å². The van der Waals surface area contributed by atoms with Crippen LogP contribution in [0.1, 0.15) is 41.7 Å². The number of carbonyl (C=O) groups excluding carboxylic acids is 2. The third kappa shape index (κ3) is 5.95. The minimum Gasteiger partial charge on any atom is -0.452 e. The van der Waals surface area contributed by atoms with E-state index in [0.717, 1.165) is 24.1 Å². The fraction of sp³-hybridized carbons (Fsp3) is 0.200. The highest BCUT2D eigenvalue weighted by Gasteiger charge is 2.17. The molecule has 0 spiro atoms. The number of benzene rings is 3. The maximum Gasteiger partial charge on any atom is 0.340 e. The molecule has 154 valence electrons. The lowest BCUT2D eigenvalue weighted by Gasteiger charge is -2.18. The molecule has 0 radical (unpaired) electrons. The third-order valence-electron chi connectivity index (χ3n) is 4.65. The molecule has 0 heterocycles. The zero-order valence-electron chi connectivity index (χ0n) is 17.0. The first-order valence-electron chi connectivity index (χ1n) is 10.1. The lowest BCUT2D eigenvalue weighted by molar-refractivity contribution is -0.125. The molecule has 0 aliphatic carbocycles. The summed E-state index contributed by atoms with van der Waals surface area (Å²) in [6.45, 7) is 1.74. The smallest absolute Gasteiger partial charge is 0.340 e. The van der Waals surface area contributed by atoms with Crippen LogP contribution < -0.4 is 10.6 Å². The van der Waals surface area contributed by atoms with Gasteiger partial charge < -0.3 is 15.4 Å². The molecule has 3 rings (SSSR count). The van der Waals surface area contributed by atoms with E-state index in [1.807, 2.05) is 66.7 Å². The second-order valence-electron chi connectivity index (χ2n) is 6.93. The summed E-state index contributed by atoms with van der Waals surface area (Å²) in [5.41, 5.74) is 2.90. The van der Waals surface area contributed by atoms with Gasteiger partial charge >= 0.3 is 5.97 Å². The molecular formula is C25H26N2O3. The average Bonchev–Trinajstić information content (AvgIpc) is 2.79. The van der Waals surface area contributed by atoms with E-state index in [2.05, 4.69) is 17.6 Å². The van der Waals surface area contributed by atoms with Crippen molar-refractivity contribution in [3.05, 3.63) is 96.1 Å². The number of hydrogen-bond donors (Lipinski definition) is 2. The summed E-state index contributed by atoms with van der Waals surface area (Å²) in [6.07, 6.45) is 1.74. The van der Waals surface area contributed by atoms with E-state index in [1.54, 1.807) is 18.2 Å². The summed E-state index contributed by atoms with van der Waals surface area (Å²) < 4.78 is 5.29. The van der Waals surface area contributed by atoms with E-state index < -0.39 is 5.97 Å². The van der Waals surface area contributed by atoms with Crippen LogP contribution in [0.3, 0.4) is 0 Å². The van der Waals surface area contributed by atoms with Crippen LogP contribution in [0.2, 0.25) is 0 Å². The van der Waals surface area contributed by atoms with Gasteiger partial charge in [-0.25, -0.2) is 4.79 Å². The second-order valence-corrected chi connectivity index (χ2v) is 6.93. The summed E-state index contributed by atoms with van der Waals surface area (Å²) in [5.74, 6) is -0.866. The number of ether oxygens (including phenoxy) is 1. The van der Waals surface area contributed by atoms with E-state index >= 15 is 0 Å². The van der Waals surface area contributed by atoms with Crippen LogP contribution in [0.25, 0.3) is 0 Å². The van der Waals surface area contributed by atoms with Gasteiger partial charge in [0.05, 0.1) is 17.3 Å². The van der Waals surface area contributed by atoms with Crippen LogP contribution >= 0.6 is 0 Å². The Morgan fingerprint density at radius 2 is 1.50 bits per heavy atom. The molecule has 0 saturated heterocycles. The zero-order chi connectivity index (χ0) is 21.2. The monoisotopic (exact) mass is 402 g/mol. The molecule has 0 aliphatic rings. The largest absolute Gasteiger partial charge is 0.452 e. The summed E-state index contributed by atoms with van der Waals surface area (Å²) in [4.78, 5) is 25.0. The fourth-order valence-corrected chi connectivity index (χ4v) is 3.19. The van der Waals surface area contributed by atoms with E-state index in [1.165, 1.54) is 0 Å². The predicted molar refractivity (Wildman–Crippen MR) is 119 cm³/mol. The molecule has 3 aromatic carbocycles. The van der Waals surface area contributed by atoms with Gasteiger partial charge in [-0.3, -0.25) is 4.79 Å². The number of anilines is 2. The molecule has 0 aliphatic heterocycles. The predicted octanol–water partition coefficient (Wildman–Crippen LogP) is 5.24. The Balaban J connectivity index is 1.60. The first kappa shape index (κ1) is 21.1. The molecule has 2 N–H and O–H groups in total. The Bertz CT molecular complexity index is 958. The molecule has 0 unspecified atom stereocenters. The van der Waals surface area contributed by atoms with Gasteiger partial charge in [0, 0.05) is 5.69 Å². The molecule has 0 aromatic heterocycles. The van der Waals surface area contributed by atoms with Gasteiger partial charge in [-0.05, 0) is 36.2 Å². The Morgan fingerprint density at radius 3 is 2.20 bits per heavy atom. The maximum atomic E-state index is 12.6. The zero-order valence-corrected chi connectivity index (χ0v) is 17.0. The summed E-state index contributed by atoms with van der Waals surface area (Å²) in [7, 11) is 0. The van der Waals surface area contributed by atoms with Gasteiger partial charge in [0.25, 0.3) is 5.91 Å². The maximum absolute atomic E-state index is 12.6. The van der Waals surface area contributed by atoms with Crippen molar-refractivity contribution < 1.29 is 14.3 Å². The molecule has 5 nitrogen and oxygen atoms in total. The van der Waals surface area contributed by atoms with E-state index in [9.17, 15) is 9.59 Å². The van der Waals surface area contributed by atoms with Crippen molar-refractivity contribution in [3.8, 4) is 0 Å². The second kappa shape index (κ2) is 10.8. The van der Waals surface area contributed by atoms with Crippen LogP contribution in [0, 0.1) is 0 Å². The quantitative estimate of drug-likeness (QED) is 0.480. The highest BCUT2D eigenvalue weighted by atomic mass is 16.5. The highest BCUT2D eigenvalue weighted by Crippen LogP contribution is 2.22. The van der Waals surface area contributed by atoms with Crippen LogP contribution in [0.15, 0.2) is 84.9 Å². The Kier molecular flexibility index (Phi) is 7.61. The Hall–Kier alpha value is -3.60. The number of rotatable bonds is 9. The summed E-state index contributed by atoms with van der Waals surface area (Å²) in [6, 6.07) is 26.3. The van der Waals surface area contributed by atoms with Crippen molar-refractivity contribution >= 4 is 23.3 Å². The SMILES string of the molecule is CCC[C@@H](NC(=O)COC(=O)c1ccccc1Nc1ccccc1)c1ccccc1. The molecular weight excluding hydrogens is 376 g/mol. The average molecular weight is 402 g/mol. The van der Waals surface area contributed by atoms with Gasteiger partial charge in [0.2, 0.25) is 0 Å². The van der Waals surface area contributed by atoms with Gasteiger partial charge in [-0.2, -0.15) is 0 Å². The molecule has 0 fully saturated rings. The van der Waals surface area contributed by atoms with E-state index in [-0.39, 0.29) is 18.6 Å². The lowest BCUT2D eigenvalue weighted by atomic mass is 10.0. The van der Waals surface area contributed by atoms with E-state index in [0.29, 0.717) is 11.3 Å². The van der Waals surface area contributed by atoms with Crippen molar-refractivity contribution in [3.63, 3.8) is 0 Å². The van der Waals surface area contributed by atoms with Gasteiger partial charge in [0.15, 0.2) is 6.61 Å². The van der Waals surface area contributed by atoms with Crippen molar-refractivity contribution in [2.45, 2.75) is 25.8 Å². The van der Waals surface area contributed by atoms with Crippen LogP contribution in [-0.4, -0.2) is 18.5 Å². The van der Waals surface area contributed by atoms with Gasteiger partial charge in [-0.15, -0.1) is 0 Å². The normalized spacial score (nSPS) is 11.4. The number of hydrogen-bond acceptors (Lipinski definition) is 4. The van der Waals surface area contributed by atoms with Crippen molar-refractivity contribution in [2.24, 2.45) is 0 Å². The summed E-state index contributed by atoms with van der Waals surface area (Å²) in [5, 5.41) is 6.17. The van der Waals surface area contributed by atoms with Crippen LogP contribution in [0.5, 0.6) is 0 Å². The number of carbonyl (C=O) groups is 2. The molecule has 1 atom stereocenters. The molecule has 0 saturated carbocycles. The van der Waals surface area contributed by atoms with E-state index in [4.69, 9.17) is 4.74 Å². The lowest BCUT2D eigenvalue weighted by Crippen LogP contribution is -2.32. The minimum absolute atomic E-state index is 0.102. The first-order valence-corrected chi connectivity index (χ1v) is 10.1. The molecule has 0 bridgehead atoms. The van der Waals surface area contributed by atoms with Crippen LogP contribution in [-0.2, 0) is 9.53 Å². The topological polar surface area (TPSA) is 67.4 Å². The van der Waals surface area contributed by atoms with Crippen molar-refractivity contribution in [1.82, 2.24) is 5.32 Å². The Labute approximate surface area is 177 Å². The number of para-hydroxylation sites is 2. The van der Waals surface area contributed by atoms with Crippen molar-refractivity contribution in [1.29, 1.82) is 0 Å². The number of nitrogens with one attached hydrogen (secondary N) is 2. The number of amides is 1. The third-order valence-corrected chi connectivity index (χ3v) is 4.65. The molecule has 3 aromatic rings. The fourth-order valence-electron chi connectivity index (χ4n) is 3.19. The minimum atomic E-state index is -0.545. The van der Waals surface area contributed by atoms with Crippen LogP contribution in [0.4, 0.5) is 11.4 Å².